The fourth-order valence-corrected chi connectivity index (χ4v) is 5.68. The lowest BCUT2D eigenvalue weighted by Gasteiger charge is -2.33. The second-order valence-corrected chi connectivity index (χ2v) is 11.2. The molecule has 0 aliphatic rings. The van der Waals surface area contributed by atoms with Crippen molar-refractivity contribution in [2.75, 3.05) is 24.0 Å². The van der Waals surface area contributed by atoms with Crippen molar-refractivity contribution < 1.29 is 27.1 Å². The average Bonchev–Trinajstić information content (AvgIpc) is 2.93. The van der Waals surface area contributed by atoms with E-state index in [2.05, 4.69) is 5.32 Å². The molecule has 11 heteroatoms. The van der Waals surface area contributed by atoms with E-state index in [-0.39, 0.29) is 29.5 Å². The number of halogens is 2. The van der Waals surface area contributed by atoms with Crippen LogP contribution >= 0.6 is 11.6 Å². The topological polar surface area (TPSA) is 96.0 Å². The summed E-state index contributed by atoms with van der Waals surface area (Å²) in [7, 11) is -4.23. The van der Waals surface area contributed by atoms with Crippen LogP contribution in [0.1, 0.15) is 32.8 Å². The Labute approximate surface area is 239 Å². The van der Waals surface area contributed by atoms with Gasteiger partial charge < -0.3 is 15.0 Å². The summed E-state index contributed by atoms with van der Waals surface area (Å²) < 4.78 is 47.7. The second-order valence-electron chi connectivity index (χ2n) is 8.86. The number of hydrogen-bond donors (Lipinski definition) is 1. The maximum atomic E-state index is 13.9. The molecule has 0 radical (unpaired) electrons. The lowest BCUT2D eigenvalue weighted by Crippen LogP contribution is -2.52. The Balaban J connectivity index is 2.05. The number of ether oxygens (including phenoxy) is 1. The molecule has 0 aliphatic heterocycles. The quantitative estimate of drug-likeness (QED) is 0.302. The molecule has 0 saturated carbocycles. The molecule has 2 amide bonds. The first kappa shape index (κ1) is 30.9. The van der Waals surface area contributed by atoms with Gasteiger partial charge in [0.2, 0.25) is 11.8 Å². The van der Waals surface area contributed by atoms with Crippen LogP contribution in [0.5, 0.6) is 5.75 Å². The monoisotopic (exact) mass is 589 g/mol. The Kier molecular flexibility index (Phi) is 10.9. The van der Waals surface area contributed by atoms with Crippen LogP contribution in [0.15, 0.2) is 77.7 Å². The maximum Gasteiger partial charge on any atom is 0.264 e. The summed E-state index contributed by atoms with van der Waals surface area (Å²) in [5, 5.41) is 3.10. The highest BCUT2D eigenvalue weighted by molar-refractivity contribution is 7.92. The van der Waals surface area contributed by atoms with E-state index in [4.69, 9.17) is 16.3 Å². The van der Waals surface area contributed by atoms with E-state index in [9.17, 15) is 22.4 Å². The van der Waals surface area contributed by atoms with E-state index in [0.29, 0.717) is 29.5 Å². The van der Waals surface area contributed by atoms with Gasteiger partial charge in [0.25, 0.3) is 10.0 Å². The third-order valence-electron chi connectivity index (χ3n) is 6.12. The minimum Gasteiger partial charge on any atom is -0.494 e. The van der Waals surface area contributed by atoms with E-state index in [0.717, 1.165) is 4.31 Å². The lowest BCUT2D eigenvalue weighted by molar-refractivity contribution is -0.140. The van der Waals surface area contributed by atoms with Gasteiger partial charge in [-0.25, -0.2) is 12.8 Å². The fourth-order valence-electron chi connectivity index (χ4n) is 4.14. The highest BCUT2D eigenvalue weighted by atomic mass is 35.5. The smallest absolute Gasteiger partial charge is 0.264 e. The summed E-state index contributed by atoms with van der Waals surface area (Å²) in [6, 6.07) is 16.7. The van der Waals surface area contributed by atoms with Gasteiger partial charge in [0, 0.05) is 18.1 Å². The van der Waals surface area contributed by atoms with Gasteiger partial charge in [0.1, 0.15) is 24.2 Å². The largest absolute Gasteiger partial charge is 0.494 e. The molecular weight excluding hydrogens is 557 g/mol. The Bertz CT molecular complexity index is 1380. The SMILES string of the molecule is CCNC(=O)[C@H](CC)N(Cc1ccc(F)cc1)C(=O)CN(c1ccc(OCC)cc1)S(=O)(=O)c1ccc(Cl)cc1. The molecule has 0 aliphatic carbocycles. The van der Waals surface area contributed by atoms with Crippen LogP contribution in [0, 0.1) is 5.82 Å². The van der Waals surface area contributed by atoms with E-state index >= 15 is 0 Å². The minimum atomic E-state index is -4.23. The molecule has 3 rings (SSSR count). The van der Waals surface area contributed by atoms with Crippen LogP contribution in [0.3, 0.4) is 0 Å². The molecule has 3 aromatic rings. The number of amides is 2. The number of sulfonamides is 1. The van der Waals surface area contributed by atoms with Gasteiger partial charge in [0.05, 0.1) is 17.2 Å². The standard InChI is InChI=1S/C29H33ClFN3O5S/c1-4-27(29(36)32-5-2)33(19-21-7-11-23(31)12-8-21)28(35)20-34(24-13-15-25(16-14-24)39-6-3)40(37,38)26-17-9-22(30)10-18-26/h7-18,27H,4-6,19-20H2,1-3H3,(H,32,36)/t27-/m0/s1. The third-order valence-corrected chi connectivity index (χ3v) is 8.16. The summed E-state index contributed by atoms with van der Waals surface area (Å²) >= 11 is 5.98. The zero-order valence-electron chi connectivity index (χ0n) is 22.6. The summed E-state index contributed by atoms with van der Waals surface area (Å²) in [5.41, 5.74) is 0.824. The van der Waals surface area contributed by atoms with Crippen LogP contribution in [-0.2, 0) is 26.2 Å². The Hall–Kier alpha value is -3.63. The van der Waals surface area contributed by atoms with Crippen molar-refractivity contribution in [3.63, 3.8) is 0 Å². The first-order valence-electron chi connectivity index (χ1n) is 12.9. The number of hydrogen-bond acceptors (Lipinski definition) is 5. The molecule has 0 bridgehead atoms. The molecule has 1 atom stereocenters. The molecule has 0 saturated heterocycles. The molecule has 0 fully saturated rings. The summed E-state index contributed by atoms with van der Waals surface area (Å²) in [4.78, 5) is 28.1. The van der Waals surface area contributed by atoms with Crippen molar-refractivity contribution in [2.45, 2.75) is 44.7 Å². The minimum absolute atomic E-state index is 0.0210. The van der Waals surface area contributed by atoms with Gasteiger partial charge in [-0.15, -0.1) is 0 Å². The number of anilines is 1. The molecule has 214 valence electrons. The summed E-state index contributed by atoms with van der Waals surface area (Å²) in [6.45, 7) is 5.54. The van der Waals surface area contributed by atoms with Crippen molar-refractivity contribution in [3.05, 3.63) is 89.2 Å². The van der Waals surface area contributed by atoms with E-state index in [1.807, 2.05) is 6.92 Å². The van der Waals surface area contributed by atoms with Crippen molar-refractivity contribution in [1.29, 1.82) is 0 Å². The van der Waals surface area contributed by atoms with Crippen molar-refractivity contribution in [2.24, 2.45) is 0 Å². The normalized spacial score (nSPS) is 11.9. The van der Waals surface area contributed by atoms with Gasteiger partial charge >= 0.3 is 0 Å². The van der Waals surface area contributed by atoms with E-state index in [1.54, 1.807) is 38.1 Å². The van der Waals surface area contributed by atoms with E-state index < -0.39 is 34.3 Å². The van der Waals surface area contributed by atoms with Crippen LogP contribution in [0.25, 0.3) is 0 Å². The average molecular weight is 590 g/mol. The molecule has 0 spiro atoms. The summed E-state index contributed by atoms with van der Waals surface area (Å²) in [5.74, 6) is -0.864. The van der Waals surface area contributed by atoms with Crippen LogP contribution < -0.4 is 14.4 Å². The molecule has 0 heterocycles. The number of nitrogens with zero attached hydrogens (tertiary/aromatic N) is 2. The number of carbonyl (C=O) groups is 2. The number of likely N-dealkylation sites (N-methyl/N-ethyl adjacent to an activating group) is 1. The van der Waals surface area contributed by atoms with Crippen LogP contribution in [0.4, 0.5) is 10.1 Å². The molecule has 40 heavy (non-hydrogen) atoms. The zero-order chi connectivity index (χ0) is 29.3. The van der Waals surface area contributed by atoms with Gasteiger partial charge in [-0.3, -0.25) is 13.9 Å². The highest BCUT2D eigenvalue weighted by Crippen LogP contribution is 2.27. The van der Waals surface area contributed by atoms with Crippen LogP contribution in [0.2, 0.25) is 5.02 Å². The lowest BCUT2D eigenvalue weighted by atomic mass is 10.1. The number of benzene rings is 3. The molecule has 1 N–H and O–H groups in total. The number of rotatable bonds is 13. The summed E-state index contributed by atoms with van der Waals surface area (Å²) in [6.07, 6.45) is 0.283. The molecule has 8 nitrogen and oxygen atoms in total. The highest BCUT2D eigenvalue weighted by Gasteiger charge is 2.33. The van der Waals surface area contributed by atoms with Gasteiger partial charge in [-0.2, -0.15) is 0 Å². The predicted octanol–water partition coefficient (Wildman–Crippen LogP) is 5.02. The first-order valence-corrected chi connectivity index (χ1v) is 14.7. The Morgan fingerprint density at radius 3 is 2.12 bits per heavy atom. The van der Waals surface area contributed by atoms with Gasteiger partial charge in [-0.1, -0.05) is 30.7 Å². The molecule has 3 aromatic carbocycles. The van der Waals surface area contributed by atoms with Crippen molar-refractivity contribution in [1.82, 2.24) is 10.2 Å². The Morgan fingerprint density at radius 2 is 1.57 bits per heavy atom. The van der Waals surface area contributed by atoms with E-state index in [1.165, 1.54) is 53.4 Å². The molecule has 0 unspecified atom stereocenters. The van der Waals surface area contributed by atoms with Gasteiger partial charge in [-0.05, 0) is 86.5 Å². The second kappa shape index (κ2) is 14.1. The maximum absolute atomic E-state index is 13.9. The predicted molar refractivity (Wildman–Crippen MR) is 153 cm³/mol. The third kappa shape index (κ3) is 7.73. The molecular formula is C29H33ClFN3O5S. The fraction of sp³-hybridized carbons (Fsp3) is 0.310. The molecule has 0 aromatic heterocycles. The number of nitrogens with one attached hydrogen (secondary N) is 1. The Morgan fingerprint density at radius 1 is 0.950 bits per heavy atom. The number of carbonyl (C=O) groups excluding carboxylic acids is 2. The first-order chi connectivity index (χ1) is 19.1. The van der Waals surface area contributed by atoms with Gasteiger partial charge in [0.15, 0.2) is 0 Å². The van der Waals surface area contributed by atoms with Crippen molar-refractivity contribution in [3.8, 4) is 5.75 Å². The van der Waals surface area contributed by atoms with Crippen molar-refractivity contribution >= 4 is 39.1 Å². The zero-order valence-corrected chi connectivity index (χ0v) is 24.2. The van der Waals surface area contributed by atoms with Crippen LogP contribution in [-0.4, -0.2) is 50.9 Å².